The molecule has 15 heteroatoms. The van der Waals surface area contributed by atoms with Crippen LogP contribution < -0.4 is 15.5 Å². The number of fused-ring (bicyclic) bond motifs is 1. The van der Waals surface area contributed by atoms with Gasteiger partial charge in [-0.2, -0.15) is 0 Å². The molecule has 3 atom stereocenters. The van der Waals surface area contributed by atoms with Gasteiger partial charge in [-0.05, 0) is 32.4 Å². The van der Waals surface area contributed by atoms with Gasteiger partial charge in [-0.1, -0.05) is 0 Å². The lowest BCUT2D eigenvalue weighted by Crippen LogP contribution is -2.30. The Hall–Kier alpha value is -5.08. The van der Waals surface area contributed by atoms with Crippen molar-refractivity contribution >= 4 is 40.8 Å². The van der Waals surface area contributed by atoms with E-state index in [1.165, 1.54) is 30.0 Å². The number of halogens is 2. The summed E-state index contributed by atoms with van der Waals surface area (Å²) in [5, 5.41) is 5.99. The maximum absolute atomic E-state index is 13.7. The first-order chi connectivity index (χ1) is 20.1. The Morgan fingerprint density at radius 3 is 2.60 bits per heavy atom. The average molecular weight is 577 g/mol. The number of imidazole rings is 1. The number of alkyl halides is 2. The highest BCUT2D eigenvalue weighted by Gasteiger charge is 2.46. The van der Waals surface area contributed by atoms with Gasteiger partial charge >= 0.3 is 6.03 Å². The van der Waals surface area contributed by atoms with E-state index in [-0.39, 0.29) is 41.2 Å². The Morgan fingerprint density at radius 2 is 1.88 bits per heavy atom. The van der Waals surface area contributed by atoms with Crippen molar-refractivity contribution in [3.05, 3.63) is 65.9 Å². The standard InChI is InChI=1S/C27H26F2N10O3/c1-13-4-5-30-24(33-13)16-7-17(16)26(41)36-21-8-20(31-12-32-21)34-14(2)18-10-38-9-15(23(28)29)6-19(25(38)35-18)39-11-22(40)37(3)27(39)42/h4-6,8-10,12,14,16-17,23H,7,11H2,1-3H3,(H2,31,32,34,36,41)/t14-,16+,17+/m1/s1. The lowest BCUT2D eigenvalue weighted by Gasteiger charge is -2.17. The van der Waals surface area contributed by atoms with Crippen LogP contribution in [-0.2, 0) is 9.59 Å². The number of aryl methyl sites for hydroxylation is 1. The van der Waals surface area contributed by atoms with Crippen LogP contribution in [0.2, 0.25) is 0 Å². The van der Waals surface area contributed by atoms with Gasteiger partial charge in [0.1, 0.15) is 30.3 Å². The highest BCUT2D eigenvalue weighted by molar-refractivity contribution is 6.13. The Labute approximate surface area is 238 Å². The lowest BCUT2D eigenvalue weighted by atomic mass is 10.2. The van der Waals surface area contributed by atoms with Crippen LogP contribution >= 0.6 is 0 Å². The lowest BCUT2D eigenvalue weighted by molar-refractivity contribution is -0.124. The summed E-state index contributed by atoms with van der Waals surface area (Å²) in [7, 11) is 1.34. The molecule has 2 fully saturated rings. The quantitative estimate of drug-likeness (QED) is 0.301. The van der Waals surface area contributed by atoms with Crippen LogP contribution in [0, 0.1) is 12.8 Å². The van der Waals surface area contributed by atoms with E-state index in [2.05, 4.69) is 35.6 Å². The molecule has 4 aromatic rings. The molecular weight excluding hydrogens is 550 g/mol. The fraction of sp³-hybridized carbons (Fsp3) is 0.333. The highest BCUT2D eigenvalue weighted by atomic mass is 19.3. The fourth-order valence-corrected chi connectivity index (χ4v) is 4.87. The summed E-state index contributed by atoms with van der Waals surface area (Å²) >= 11 is 0. The van der Waals surface area contributed by atoms with E-state index < -0.39 is 24.4 Å². The van der Waals surface area contributed by atoms with Gasteiger partial charge < -0.3 is 15.0 Å². The molecule has 1 saturated carbocycles. The Bertz CT molecular complexity index is 1730. The number of nitrogens with one attached hydrogen (secondary N) is 2. The molecule has 0 unspecified atom stereocenters. The van der Waals surface area contributed by atoms with Gasteiger partial charge in [-0.3, -0.25) is 19.4 Å². The minimum atomic E-state index is -2.80. The van der Waals surface area contributed by atoms with Crippen molar-refractivity contribution in [2.75, 3.05) is 29.1 Å². The third kappa shape index (κ3) is 5.08. The number of hydrogen-bond acceptors (Lipinski definition) is 9. The normalized spacial score (nSPS) is 19.1. The van der Waals surface area contributed by atoms with Crippen LogP contribution in [0.1, 0.15) is 54.5 Å². The number of pyridine rings is 1. The molecule has 42 heavy (non-hydrogen) atoms. The molecule has 4 amide bonds. The SMILES string of the molecule is Cc1ccnc([C@H]2C[C@@H]2C(=O)Nc2cc(N[C@H](C)c3cn4cc(C(F)F)cc(N5CC(=O)N(C)C5=O)c4n3)ncn2)n1. The van der Waals surface area contributed by atoms with Crippen molar-refractivity contribution < 1.29 is 23.2 Å². The van der Waals surface area contributed by atoms with Crippen molar-refractivity contribution in [3.8, 4) is 0 Å². The van der Waals surface area contributed by atoms with Crippen molar-refractivity contribution in [2.45, 2.75) is 38.7 Å². The molecule has 6 rings (SSSR count). The van der Waals surface area contributed by atoms with Gasteiger partial charge in [-0.15, -0.1) is 0 Å². The third-order valence-corrected chi connectivity index (χ3v) is 7.30. The monoisotopic (exact) mass is 576 g/mol. The van der Waals surface area contributed by atoms with E-state index in [4.69, 9.17) is 0 Å². The van der Waals surface area contributed by atoms with E-state index in [1.807, 2.05) is 6.92 Å². The predicted octanol–water partition coefficient (Wildman–Crippen LogP) is 3.47. The molecule has 2 N–H and O–H groups in total. The van der Waals surface area contributed by atoms with Crippen LogP contribution in [-0.4, -0.2) is 65.7 Å². The maximum atomic E-state index is 13.7. The second-order valence-corrected chi connectivity index (χ2v) is 10.3. The first-order valence-corrected chi connectivity index (χ1v) is 13.2. The number of hydrogen-bond donors (Lipinski definition) is 2. The summed E-state index contributed by atoms with van der Waals surface area (Å²) < 4.78 is 28.8. The van der Waals surface area contributed by atoms with Gasteiger partial charge in [0.25, 0.3) is 6.43 Å². The summed E-state index contributed by atoms with van der Waals surface area (Å²) in [6, 6.07) is 3.47. The minimum Gasteiger partial charge on any atom is -0.362 e. The molecule has 5 heterocycles. The number of urea groups is 1. The molecule has 13 nitrogen and oxygen atoms in total. The smallest absolute Gasteiger partial charge is 0.331 e. The zero-order chi connectivity index (χ0) is 29.7. The Kier molecular flexibility index (Phi) is 6.71. The molecule has 216 valence electrons. The van der Waals surface area contributed by atoms with E-state index in [9.17, 15) is 23.2 Å². The molecule has 1 aliphatic heterocycles. The van der Waals surface area contributed by atoms with E-state index in [0.717, 1.165) is 15.5 Å². The van der Waals surface area contributed by atoms with E-state index in [0.29, 0.717) is 29.6 Å². The van der Waals surface area contributed by atoms with Crippen molar-refractivity contribution in [1.29, 1.82) is 0 Å². The van der Waals surface area contributed by atoms with Crippen LogP contribution in [0.5, 0.6) is 0 Å². The van der Waals surface area contributed by atoms with Crippen molar-refractivity contribution in [3.63, 3.8) is 0 Å². The number of rotatable bonds is 8. The van der Waals surface area contributed by atoms with Gasteiger partial charge in [-0.25, -0.2) is 38.5 Å². The fourth-order valence-electron chi connectivity index (χ4n) is 4.87. The Balaban J connectivity index is 1.19. The van der Waals surface area contributed by atoms with Gasteiger partial charge in [0.15, 0.2) is 5.65 Å². The molecule has 0 radical (unpaired) electrons. The van der Waals surface area contributed by atoms with Crippen molar-refractivity contribution in [2.24, 2.45) is 5.92 Å². The van der Waals surface area contributed by atoms with Crippen LogP contribution in [0.15, 0.2) is 43.1 Å². The third-order valence-electron chi connectivity index (χ3n) is 7.30. The summed E-state index contributed by atoms with van der Waals surface area (Å²) in [6.07, 6.45) is 3.65. The van der Waals surface area contributed by atoms with E-state index >= 15 is 0 Å². The second-order valence-electron chi connectivity index (χ2n) is 10.3. The molecule has 1 saturated heterocycles. The molecule has 0 bridgehead atoms. The number of aromatic nitrogens is 6. The number of amides is 4. The summed E-state index contributed by atoms with van der Waals surface area (Å²) in [5.41, 5.74) is 1.34. The first kappa shape index (κ1) is 27.1. The summed E-state index contributed by atoms with van der Waals surface area (Å²) in [5.74, 6) is 0.429. The molecule has 0 spiro atoms. The molecule has 2 aliphatic rings. The van der Waals surface area contributed by atoms with Crippen LogP contribution in [0.4, 0.5) is 30.9 Å². The zero-order valence-electron chi connectivity index (χ0n) is 22.8. The zero-order valence-corrected chi connectivity index (χ0v) is 22.8. The number of imide groups is 1. The second kappa shape index (κ2) is 10.4. The maximum Gasteiger partial charge on any atom is 0.331 e. The minimum absolute atomic E-state index is 0.0377. The topological polar surface area (TPSA) is 151 Å². The first-order valence-electron chi connectivity index (χ1n) is 13.2. The number of nitrogens with zero attached hydrogens (tertiary/aromatic N) is 8. The van der Waals surface area contributed by atoms with Crippen molar-refractivity contribution in [1.82, 2.24) is 34.2 Å². The highest BCUT2D eigenvalue weighted by Crippen LogP contribution is 2.46. The largest absolute Gasteiger partial charge is 0.362 e. The number of anilines is 3. The van der Waals surface area contributed by atoms with E-state index in [1.54, 1.807) is 31.5 Å². The number of likely N-dealkylation sites (N-methyl/N-ethyl adjacent to an activating group) is 1. The number of carbonyl (C=O) groups is 3. The number of carbonyl (C=O) groups excluding carboxylic acids is 3. The molecule has 0 aromatic carbocycles. The van der Waals surface area contributed by atoms with Gasteiger partial charge in [0.2, 0.25) is 11.8 Å². The molecule has 1 aliphatic carbocycles. The summed E-state index contributed by atoms with van der Waals surface area (Å²) in [4.78, 5) is 61.2. The Morgan fingerprint density at radius 1 is 1.10 bits per heavy atom. The predicted molar refractivity (Wildman–Crippen MR) is 146 cm³/mol. The van der Waals surface area contributed by atoms with Crippen LogP contribution in [0.25, 0.3) is 5.65 Å². The van der Waals surface area contributed by atoms with Gasteiger partial charge in [0.05, 0.1) is 17.4 Å². The molecule has 4 aromatic heterocycles. The average Bonchev–Trinajstić information content (AvgIpc) is 3.58. The molecular formula is C27H26F2N10O3. The van der Waals surface area contributed by atoms with Gasteiger partial charge in [0, 0.05) is 54.8 Å². The van der Waals surface area contributed by atoms with Crippen LogP contribution in [0.3, 0.4) is 0 Å². The summed E-state index contributed by atoms with van der Waals surface area (Å²) in [6.45, 7) is 3.40.